The minimum Gasteiger partial charge on any atom is -0.463 e. The average molecular weight is 356 g/mol. The van der Waals surface area contributed by atoms with E-state index < -0.39 is 4.92 Å². The Kier molecular flexibility index (Phi) is 4.90. The highest BCUT2D eigenvalue weighted by molar-refractivity contribution is 7.07. The van der Waals surface area contributed by atoms with Gasteiger partial charge in [-0.15, -0.1) is 11.3 Å². The predicted octanol–water partition coefficient (Wildman–Crippen LogP) is 3.91. The van der Waals surface area contributed by atoms with Crippen LogP contribution in [0.1, 0.15) is 19.6 Å². The lowest BCUT2D eigenvalue weighted by Crippen LogP contribution is -2.14. The lowest BCUT2D eigenvalue weighted by molar-refractivity contribution is -0.384. The van der Waals surface area contributed by atoms with Crippen molar-refractivity contribution in [1.82, 2.24) is 4.68 Å². The van der Waals surface area contributed by atoms with Crippen molar-refractivity contribution in [2.24, 2.45) is 10.1 Å². The van der Waals surface area contributed by atoms with E-state index in [2.05, 4.69) is 10.1 Å². The molecule has 0 aliphatic carbocycles. The number of hydrogen-bond acceptors (Lipinski definition) is 6. The number of hydrogen-bond donors (Lipinski definition) is 0. The number of nitro benzene ring substituents is 1. The molecule has 0 saturated carbocycles. The molecule has 0 radical (unpaired) electrons. The molecule has 0 saturated heterocycles. The molecule has 3 rings (SSSR count). The van der Waals surface area contributed by atoms with Gasteiger partial charge in [-0.25, -0.2) is 4.68 Å². The second-order valence-corrected chi connectivity index (χ2v) is 5.99. The van der Waals surface area contributed by atoms with Crippen LogP contribution in [0.4, 0.5) is 5.69 Å². The van der Waals surface area contributed by atoms with Crippen LogP contribution in [0.5, 0.6) is 0 Å². The highest BCUT2D eigenvalue weighted by atomic mass is 32.1. The third-order valence-corrected chi connectivity index (χ3v) is 4.33. The summed E-state index contributed by atoms with van der Waals surface area (Å²) < 4.78 is 7.13. The lowest BCUT2D eigenvalue weighted by Gasteiger charge is -2.05. The van der Waals surface area contributed by atoms with Crippen LogP contribution in [0.2, 0.25) is 0 Å². The topological polar surface area (TPSA) is 85.9 Å². The fraction of sp³-hybridized carbons (Fsp3) is 0.176. The van der Waals surface area contributed by atoms with Gasteiger partial charge in [-0.3, -0.25) is 15.1 Å². The molecule has 25 heavy (non-hydrogen) atoms. The molecular formula is C17H16N4O3S. The summed E-state index contributed by atoms with van der Waals surface area (Å²) in [4.78, 5) is 15.6. The molecule has 0 N–H and O–H groups in total. The number of aromatic nitrogens is 1. The second-order valence-electron chi connectivity index (χ2n) is 5.16. The zero-order chi connectivity index (χ0) is 17.8. The summed E-state index contributed by atoms with van der Waals surface area (Å²) in [5.74, 6) is 0.677. The lowest BCUT2D eigenvalue weighted by atomic mass is 10.1. The zero-order valence-corrected chi connectivity index (χ0v) is 14.6. The van der Waals surface area contributed by atoms with Crippen molar-refractivity contribution in [3.05, 3.63) is 68.7 Å². The summed E-state index contributed by atoms with van der Waals surface area (Å²) in [5.41, 5.74) is 2.41. The molecule has 0 fully saturated rings. The van der Waals surface area contributed by atoms with Gasteiger partial charge in [-0.1, -0.05) is 0 Å². The Bertz CT molecular complexity index is 966. The Hall–Kier alpha value is -3.00. The van der Waals surface area contributed by atoms with Crippen molar-refractivity contribution in [2.45, 2.75) is 13.8 Å². The van der Waals surface area contributed by atoms with Crippen molar-refractivity contribution in [2.75, 3.05) is 6.54 Å². The van der Waals surface area contributed by atoms with Gasteiger partial charge >= 0.3 is 0 Å². The minimum atomic E-state index is -0.414. The molecule has 128 valence electrons. The van der Waals surface area contributed by atoms with E-state index in [1.807, 2.05) is 25.3 Å². The van der Waals surface area contributed by atoms with Crippen LogP contribution in [0.15, 0.2) is 62.6 Å². The third kappa shape index (κ3) is 3.58. The highest BCUT2D eigenvalue weighted by Crippen LogP contribution is 2.23. The predicted molar refractivity (Wildman–Crippen MR) is 96.8 cm³/mol. The summed E-state index contributed by atoms with van der Waals surface area (Å²) >= 11 is 1.47. The molecule has 0 spiro atoms. The molecule has 0 aliphatic rings. The van der Waals surface area contributed by atoms with E-state index in [1.54, 1.807) is 29.1 Å². The molecule has 1 aromatic carbocycles. The van der Waals surface area contributed by atoms with E-state index >= 15 is 0 Å². The molecule has 8 heteroatoms. The van der Waals surface area contributed by atoms with Crippen molar-refractivity contribution in [3.8, 4) is 11.3 Å². The third-order valence-electron chi connectivity index (χ3n) is 3.48. The van der Waals surface area contributed by atoms with Crippen LogP contribution in [0.3, 0.4) is 0 Å². The van der Waals surface area contributed by atoms with Gasteiger partial charge in [0.1, 0.15) is 11.5 Å². The Morgan fingerprint density at radius 3 is 2.68 bits per heavy atom. The van der Waals surface area contributed by atoms with Gasteiger partial charge < -0.3 is 4.42 Å². The van der Waals surface area contributed by atoms with E-state index in [1.165, 1.54) is 23.5 Å². The first-order valence-corrected chi connectivity index (χ1v) is 8.53. The zero-order valence-electron chi connectivity index (χ0n) is 13.7. The summed E-state index contributed by atoms with van der Waals surface area (Å²) in [6, 6.07) is 10.0. The van der Waals surface area contributed by atoms with Gasteiger partial charge in [0.2, 0.25) is 4.80 Å². The average Bonchev–Trinajstić information content (AvgIpc) is 3.26. The highest BCUT2D eigenvalue weighted by Gasteiger charge is 2.11. The van der Waals surface area contributed by atoms with Gasteiger partial charge in [0.25, 0.3) is 5.69 Å². The van der Waals surface area contributed by atoms with E-state index in [-0.39, 0.29) is 5.69 Å². The largest absolute Gasteiger partial charge is 0.463 e. The number of nitro groups is 1. The minimum absolute atomic E-state index is 0.0549. The molecule has 2 heterocycles. The maximum atomic E-state index is 10.8. The normalized spacial score (nSPS) is 12.6. The molecule has 7 nitrogen and oxygen atoms in total. The smallest absolute Gasteiger partial charge is 0.269 e. The van der Waals surface area contributed by atoms with Crippen LogP contribution in [0, 0.1) is 10.1 Å². The first-order valence-electron chi connectivity index (χ1n) is 7.65. The fourth-order valence-corrected chi connectivity index (χ4v) is 3.17. The number of nitrogens with zero attached hydrogens (tertiary/aromatic N) is 4. The molecule has 2 aromatic heterocycles. The first kappa shape index (κ1) is 16.8. The van der Waals surface area contributed by atoms with Crippen LogP contribution >= 0.6 is 11.3 Å². The van der Waals surface area contributed by atoms with Crippen molar-refractivity contribution >= 4 is 22.7 Å². The van der Waals surface area contributed by atoms with E-state index in [9.17, 15) is 10.1 Å². The maximum Gasteiger partial charge on any atom is 0.269 e. The molecule has 0 bridgehead atoms. The van der Waals surface area contributed by atoms with Gasteiger partial charge in [0.05, 0.1) is 16.9 Å². The van der Waals surface area contributed by atoms with E-state index in [4.69, 9.17) is 4.42 Å². The monoisotopic (exact) mass is 356 g/mol. The second kappa shape index (κ2) is 7.27. The molecule has 0 atom stereocenters. The maximum absolute atomic E-state index is 10.8. The number of furan rings is 1. The van der Waals surface area contributed by atoms with Crippen LogP contribution in [-0.4, -0.2) is 21.9 Å². The van der Waals surface area contributed by atoms with Crippen molar-refractivity contribution < 1.29 is 9.34 Å². The number of non-ortho nitro benzene ring substituents is 1. The van der Waals surface area contributed by atoms with Gasteiger partial charge in [-0.2, -0.15) is 5.10 Å². The Morgan fingerprint density at radius 2 is 2.08 bits per heavy atom. The Morgan fingerprint density at radius 1 is 1.32 bits per heavy atom. The van der Waals surface area contributed by atoms with Crippen LogP contribution in [-0.2, 0) is 0 Å². The molecule has 0 aliphatic heterocycles. The summed E-state index contributed by atoms with van der Waals surface area (Å²) in [6.07, 6.45) is 1.60. The SMILES string of the molecule is CCN=c1scc(-c2ccc([N+](=O)[O-])cc2)n1N=C(C)c1ccco1. The summed E-state index contributed by atoms with van der Waals surface area (Å²) in [7, 11) is 0. The van der Waals surface area contributed by atoms with Crippen molar-refractivity contribution in [1.29, 1.82) is 0 Å². The summed E-state index contributed by atoms with van der Waals surface area (Å²) in [6.45, 7) is 4.45. The van der Waals surface area contributed by atoms with Crippen LogP contribution < -0.4 is 4.80 Å². The molecule has 0 amide bonds. The fourth-order valence-electron chi connectivity index (χ4n) is 2.28. The van der Waals surface area contributed by atoms with E-state index in [0.717, 1.165) is 16.1 Å². The van der Waals surface area contributed by atoms with Gasteiger partial charge in [0, 0.05) is 29.6 Å². The van der Waals surface area contributed by atoms with Gasteiger partial charge in [-0.05, 0) is 38.1 Å². The number of thiazole rings is 1. The molecular weight excluding hydrogens is 340 g/mol. The van der Waals surface area contributed by atoms with Crippen LogP contribution in [0.25, 0.3) is 11.3 Å². The number of rotatable bonds is 5. The quantitative estimate of drug-likeness (QED) is 0.394. The van der Waals surface area contributed by atoms with Gasteiger partial charge in [0.15, 0.2) is 0 Å². The Labute approximate surface area is 147 Å². The first-order chi connectivity index (χ1) is 12.1. The summed E-state index contributed by atoms with van der Waals surface area (Å²) in [5, 5.41) is 17.4. The standard InChI is InChI=1S/C17H16N4O3S/c1-3-18-17-20(19-12(2)16-5-4-10-24-16)15(11-25-17)13-6-8-14(9-7-13)21(22)23/h4-11H,3H2,1-2H3. The number of benzene rings is 1. The molecule has 0 unspecified atom stereocenters. The van der Waals surface area contributed by atoms with Crippen molar-refractivity contribution in [3.63, 3.8) is 0 Å². The van der Waals surface area contributed by atoms with E-state index in [0.29, 0.717) is 18.0 Å². The Balaban J connectivity index is 2.10. The molecule has 3 aromatic rings.